The van der Waals surface area contributed by atoms with Crippen LogP contribution in [0.2, 0.25) is 0 Å². The van der Waals surface area contributed by atoms with Gasteiger partial charge in [0.15, 0.2) is 11.0 Å². The summed E-state index contributed by atoms with van der Waals surface area (Å²) in [5.74, 6) is 1.66. The lowest BCUT2D eigenvalue weighted by Gasteiger charge is -2.22. The average Bonchev–Trinajstić information content (AvgIpc) is 3.86. The van der Waals surface area contributed by atoms with Crippen LogP contribution >= 0.6 is 23.1 Å². The molecule has 2 aromatic heterocycles. The van der Waals surface area contributed by atoms with E-state index in [1.807, 2.05) is 77.5 Å². The first-order chi connectivity index (χ1) is 22.4. The number of carbonyl (C=O) groups is 2. The van der Waals surface area contributed by atoms with Gasteiger partial charge >= 0.3 is 0 Å². The second kappa shape index (κ2) is 14.0. The molecule has 6 rings (SSSR count). The van der Waals surface area contributed by atoms with Gasteiger partial charge in [0.05, 0.1) is 43.1 Å². The minimum absolute atomic E-state index is 0.0933. The smallest absolute Gasteiger partial charge is 0.253 e. The molecule has 0 bridgehead atoms. The Morgan fingerprint density at radius 3 is 2.37 bits per heavy atom. The maximum Gasteiger partial charge on any atom is 0.253 e. The van der Waals surface area contributed by atoms with E-state index in [2.05, 4.69) is 15.5 Å². The van der Waals surface area contributed by atoms with Gasteiger partial charge in [-0.3, -0.25) is 14.2 Å². The highest BCUT2D eigenvalue weighted by atomic mass is 32.2. The Hall–Kier alpha value is -4.94. The van der Waals surface area contributed by atoms with E-state index in [4.69, 9.17) is 14.6 Å². The zero-order valence-corrected chi connectivity index (χ0v) is 27.2. The van der Waals surface area contributed by atoms with Crippen LogP contribution in [-0.2, 0) is 11.3 Å². The Labute approximate surface area is 275 Å². The topological polar surface area (TPSA) is 111 Å². The number of nitrogens with zero attached hydrogens (tertiary/aromatic N) is 5. The summed E-state index contributed by atoms with van der Waals surface area (Å²) in [5, 5.41) is 20.7. The summed E-state index contributed by atoms with van der Waals surface area (Å²) < 4.78 is 12.4. The van der Waals surface area contributed by atoms with Crippen molar-refractivity contribution in [3.63, 3.8) is 0 Å². The molecular formula is C34H32N6O4S2. The number of methoxy groups -OCH3 is 2. The predicted octanol–water partition coefficient (Wildman–Crippen LogP) is 6.05. The summed E-state index contributed by atoms with van der Waals surface area (Å²) in [6.07, 6.45) is 0.612. The minimum Gasteiger partial charge on any atom is -0.497 e. The summed E-state index contributed by atoms with van der Waals surface area (Å²) in [7, 11) is 3.21. The lowest BCUT2D eigenvalue weighted by Crippen LogP contribution is -2.28. The second-order valence-electron chi connectivity index (χ2n) is 10.5. The van der Waals surface area contributed by atoms with Crippen molar-refractivity contribution in [2.24, 2.45) is 5.10 Å². The number of hydrogen-bond acceptors (Lipinski definition) is 9. The van der Waals surface area contributed by atoms with Crippen LogP contribution in [0.4, 0.5) is 0 Å². The van der Waals surface area contributed by atoms with E-state index < -0.39 is 0 Å². The molecule has 10 nitrogen and oxygen atoms in total. The molecule has 1 atom stereocenters. The van der Waals surface area contributed by atoms with E-state index in [-0.39, 0.29) is 30.2 Å². The van der Waals surface area contributed by atoms with Gasteiger partial charge in [-0.15, -0.1) is 21.5 Å². The number of aryl methyl sites for hydroxylation is 1. The van der Waals surface area contributed by atoms with Gasteiger partial charge in [-0.1, -0.05) is 42.1 Å². The third-order valence-electron chi connectivity index (χ3n) is 7.52. The number of hydrazone groups is 1. The third kappa shape index (κ3) is 6.82. The highest BCUT2D eigenvalue weighted by Crippen LogP contribution is 2.35. The molecule has 1 unspecified atom stereocenters. The fourth-order valence-corrected chi connectivity index (χ4v) is 6.69. The van der Waals surface area contributed by atoms with E-state index in [9.17, 15) is 9.59 Å². The van der Waals surface area contributed by atoms with Crippen molar-refractivity contribution in [1.29, 1.82) is 0 Å². The number of carbonyl (C=O) groups excluding carboxylic acids is 2. The maximum absolute atomic E-state index is 13.8. The molecule has 0 radical (unpaired) electrons. The number of amides is 2. The summed E-state index contributed by atoms with van der Waals surface area (Å²) in [5.41, 5.74) is 4.26. The molecule has 3 heterocycles. The zero-order chi connectivity index (χ0) is 32.0. The van der Waals surface area contributed by atoms with Gasteiger partial charge in [0.1, 0.15) is 11.5 Å². The predicted molar refractivity (Wildman–Crippen MR) is 179 cm³/mol. The van der Waals surface area contributed by atoms with Crippen molar-refractivity contribution >= 4 is 40.6 Å². The van der Waals surface area contributed by atoms with E-state index in [0.29, 0.717) is 28.7 Å². The Kier molecular flexibility index (Phi) is 9.46. The molecule has 46 heavy (non-hydrogen) atoms. The summed E-state index contributed by atoms with van der Waals surface area (Å²) in [4.78, 5) is 27.8. The Bertz CT molecular complexity index is 1850. The molecule has 0 saturated heterocycles. The number of hydrogen-bond donors (Lipinski definition) is 1. The van der Waals surface area contributed by atoms with E-state index in [1.54, 1.807) is 54.8 Å². The first-order valence-electron chi connectivity index (χ1n) is 14.6. The Morgan fingerprint density at radius 1 is 0.957 bits per heavy atom. The lowest BCUT2D eigenvalue weighted by molar-refractivity contribution is -0.130. The molecule has 1 aliphatic heterocycles. The fraction of sp³-hybridized carbons (Fsp3) is 0.206. The van der Waals surface area contributed by atoms with Gasteiger partial charge < -0.3 is 14.8 Å². The van der Waals surface area contributed by atoms with Gasteiger partial charge in [-0.25, -0.2) is 5.01 Å². The molecular weight excluding hydrogens is 621 g/mol. The lowest BCUT2D eigenvalue weighted by atomic mass is 10.0. The van der Waals surface area contributed by atoms with Gasteiger partial charge in [-0.2, -0.15) is 5.10 Å². The van der Waals surface area contributed by atoms with Gasteiger partial charge in [0.2, 0.25) is 0 Å². The molecule has 234 valence electrons. The molecule has 12 heteroatoms. The number of thiophene rings is 1. The minimum atomic E-state index is -0.246. The van der Waals surface area contributed by atoms with Crippen LogP contribution in [0.5, 0.6) is 11.5 Å². The molecule has 1 N–H and O–H groups in total. The summed E-state index contributed by atoms with van der Waals surface area (Å²) in [6, 6.07) is 26.3. The van der Waals surface area contributed by atoms with Crippen molar-refractivity contribution in [1.82, 2.24) is 25.1 Å². The van der Waals surface area contributed by atoms with Crippen molar-refractivity contribution in [3.05, 3.63) is 118 Å². The number of ether oxygens (including phenoxy) is 2. The quantitative estimate of drug-likeness (QED) is 0.173. The third-order valence-corrected chi connectivity index (χ3v) is 9.35. The van der Waals surface area contributed by atoms with Crippen molar-refractivity contribution in [2.75, 3.05) is 20.0 Å². The molecule has 5 aromatic rings. The summed E-state index contributed by atoms with van der Waals surface area (Å²) >= 11 is 2.89. The van der Waals surface area contributed by atoms with Crippen LogP contribution in [0, 0.1) is 6.92 Å². The Balaban J connectivity index is 1.22. The van der Waals surface area contributed by atoms with Crippen molar-refractivity contribution < 1.29 is 19.1 Å². The van der Waals surface area contributed by atoms with Crippen molar-refractivity contribution in [2.45, 2.75) is 31.1 Å². The molecule has 0 saturated carbocycles. The van der Waals surface area contributed by atoms with Crippen LogP contribution in [0.25, 0.3) is 5.69 Å². The first-order valence-corrected chi connectivity index (χ1v) is 16.4. The highest BCUT2D eigenvalue weighted by Gasteiger charge is 2.33. The van der Waals surface area contributed by atoms with Gasteiger partial charge in [0.25, 0.3) is 11.8 Å². The van der Waals surface area contributed by atoms with Gasteiger partial charge in [0, 0.05) is 17.7 Å². The number of benzene rings is 3. The maximum atomic E-state index is 13.8. The van der Waals surface area contributed by atoms with Crippen LogP contribution in [-0.4, -0.2) is 57.3 Å². The summed E-state index contributed by atoms with van der Waals surface area (Å²) in [6.45, 7) is 2.14. The van der Waals surface area contributed by atoms with E-state index in [1.165, 1.54) is 11.8 Å². The molecule has 0 aliphatic carbocycles. The number of rotatable bonds is 11. The van der Waals surface area contributed by atoms with Crippen LogP contribution in [0.1, 0.15) is 44.6 Å². The standard InChI is InChI=1S/C34H32N6O4S2/c1-22-6-4-7-25(18-22)39-31(20-35-33(42)24-11-15-27(44-3)16-12-24)36-37-34(39)46-21-32(41)40-29(23-9-13-26(43-2)14-10-23)19-28(38-40)30-8-5-17-45-30/h4-18,29H,19-21H2,1-3H3,(H,35,42). The molecule has 0 spiro atoms. The monoisotopic (exact) mass is 652 g/mol. The SMILES string of the molecule is COc1ccc(C(=O)NCc2nnc(SCC(=O)N3N=C(c4cccs4)CC3c3ccc(OC)cc3)n2-c2cccc(C)c2)cc1. The first kappa shape index (κ1) is 31.1. The molecule has 1 aliphatic rings. The Morgan fingerprint density at radius 2 is 1.70 bits per heavy atom. The fourth-order valence-electron chi connectivity index (χ4n) is 5.15. The average molecular weight is 653 g/mol. The van der Waals surface area contributed by atoms with Crippen LogP contribution in [0.3, 0.4) is 0 Å². The normalized spacial score (nSPS) is 14.2. The van der Waals surface area contributed by atoms with Gasteiger partial charge in [-0.05, 0) is 78.0 Å². The zero-order valence-electron chi connectivity index (χ0n) is 25.5. The largest absolute Gasteiger partial charge is 0.497 e. The van der Waals surface area contributed by atoms with Crippen LogP contribution < -0.4 is 14.8 Å². The highest BCUT2D eigenvalue weighted by molar-refractivity contribution is 7.99. The number of nitrogens with one attached hydrogen (secondary N) is 1. The number of aromatic nitrogens is 3. The second-order valence-corrected chi connectivity index (χ2v) is 12.4. The molecule has 2 amide bonds. The van der Waals surface area contributed by atoms with E-state index >= 15 is 0 Å². The molecule has 0 fully saturated rings. The molecule has 3 aromatic carbocycles. The van der Waals surface area contributed by atoms with Crippen molar-refractivity contribution in [3.8, 4) is 17.2 Å². The van der Waals surface area contributed by atoms with E-state index in [0.717, 1.165) is 33.2 Å². The van der Waals surface area contributed by atoms with Crippen LogP contribution in [0.15, 0.2) is 101 Å². The number of thioether (sulfide) groups is 1.